The Morgan fingerprint density at radius 1 is 1.07 bits per heavy atom. The molecule has 9 heteroatoms. The Kier molecular flexibility index (Phi) is 8.09. The molecular formula is C20H19N3O5S. The maximum atomic E-state index is 12.2. The molecule has 1 amide bonds. The van der Waals surface area contributed by atoms with Crippen LogP contribution in [-0.4, -0.2) is 40.0 Å². The molecule has 0 fully saturated rings. The Balaban J connectivity index is 1.85. The Hall–Kier alpha value is -3.48. The lowest BCUT2D eigenvalue weighted by atomic mass is 10.2. The fourth-order valence-electron chi connectivity index (χ4n) is 2.21. The van der Waals surface area contributed by atoms with Crippen LogP contribution in [0.3, 0.4) is 0 Å². The number of carbonyl (C=O) groups is 2. The minimum Gasteiger partial charge on any atom is -0.455 e. The summed E-state index contributed by atoms with van der Waals surface area (Å²) in [5, 5.41) is 9.83. The van der Waals surface area contributed by atoms with E-state index in [-0.39, 0.29) is 6.54 Å². The highest BCUT2D eigenvalue weighted by atomic mass is 32.2. The summed E-state index contributed by atoms with van der Waals surface area (Å²) in [5.41, 5.74) is 1.17. The molecule has 0 aromatic heterocycles. The summed E-state index contributed by atoms with van der Waals surface area (Å²) in [6.45, 7) is -1.45. The molecule has 0 atom stereocenters. The van der Waals surface area contributed by atoms with Crippen LogP contribution in [0.25, 0.3) is 6.08 Å². The average Bonchev–Trinajstić information content (AvgIpc) is 2.74. The number of nitrogens with one attached hydrogen (secondary N) is 1. The summed E-state index contributed by atoms with van der Waals surface area (Å²) in [6, 6.07) is 19.1. The van der Waals surface area contributed by atoms with Gasteiger partial charge in [-0.15, -0.1) is 0 Å². The van der Waals surface area contributed by atoms with Gasteiger partial charge >= 0.3 is 5.97 Å². The molecule has 0 aliphatic carbocycles. The minimum atomic E-state index is -3.85. The van der Waals surface area contributed by atoms with Gasteiger partial charge in [0.25, 0.3) is 5.91 Å². The van der Waals surface area contributed by atoms with Crippen molar-refractivity contribution < 1.29 is 22.7 Å². The molecule has 0 saturated heterocycles. The van der Waals surface area contributed by atoms with Gasteiger partial charge in [-0.1, -0.05) is 48.5 Å². The van der Waals surface area contributed by atoms with Crippen LogP contribution < -0.4 is 9.62 Å². The van der Waals surface area contributed by atoms with Crippen LogP contribution in [0.15, 0.2) is 66.1 Å². The number of nitriles is 1. The standard InChI is InChI=1S/C20H19N3O5S/c21-12-13-23(18-9-5-2-6-10-18)19(24)16-28-20(25)15-22-29(26,27)14-11-17-7-3-1-4-8-17/h1-11,14,22H,13,15-16H2/b14-11+. The molecule has 0 heterocycles. The Bertz CT molecular complexity index is 999. The molecule has 0 saturated carbocycles. The van der Waals surface area contributed by atoms with Crippen molar-refractivity contribution in [3.63, 3.8) is 0 Å². The molecule has 2 aromatic carbocycles. The second-order valence-corrected chi connectivity index (χ2v) is 7.36. The van der Waals surface area contributed by atoms with E-state index in [2.05, 4.69) is 4.72 Å². The number of amides is 1. The normalized spacial score (nSPS) is 11.0. The molecule has 0 aliphatic heterocycles. The monoisotopic (exact) mass is 413 g/mol. The van der Waals surface area contributed by atoms with Gasteiger partial charge in [0.15, 0.2) is 6.61 Å². The van der Waals surface area contributed by atoms with Crippen LogP contribution in [0, 0.1) is 11.3 Å². The number of esters is 1. The largest absolute Gasteiger partial charge is 0.455 e. The number of ether oxygens (including phenoxy) is 1. The number of hydrogen-bond acceptors (Lipinski definition) is 6. The fraction of sp³-hybridized carbons (Fsp3) is 0.150. The Labute approximate surface area is 169 Å². The fourth-order valence-corrected chi connectivity index (χ4v) is 2.96. The number of hydrogen-bond donors (Lipinski definition) is 1. The number of rotatable bonds is 9. The first-order valence-electron chi connectivity index (χ1n) is 8.52. The van der Waals surface area contributed by atoms with Crippen molar-refractivity contribution in [2.24, 2.45) is 0 Å². The first-order chi connectivity index (χ1) is 13.9. The zero-order valence-electron chi connectivity index (χ0n) is 15.4. The zero-order valence-corrected chi connectivity index (χ0v) is 16.2. The van der Waals surface area contributed by atoms with E-state index in [1.54, 1.807) is 60.7 Å². The highest BCUT2D eigenvalue weighted by Gasteiger charge is 2.18. The van der Waals surface area contributed by atoms with Crippen molar-refractivity contribution in [2.45, 2.75) is 0 Å². The van der Waals surface area contributed by atoms with Crippen LogP contribution in [0.4, 0.5) is 5.69 Å². The molecule has 0 aliphatic rings. The predicted octanol–water partition coefficient (Wildman–Crippen LogP) is 1.68. The van der Waals surface area contributed by atoms with Crippen molar-refractivity contribution in [1.29, 1.82) is 5.26 Å². The van der Waals surface area contributed by atoms with Crippen molar-refractivity contribution in [3.8, 4) is 6.07 Å². The van der Waals surface area contributed by atoms with E-state index >= 15 is 0 Å². The smallest absolute Gasteiger partial charge is 0.321 e. The molecule has 0 radical (unpaired) electrons. The lowest BCUT2D eigenvalue weighted by Gasteiger charge is -2.19. The quantitative estimate of drug-likeness (QED) is 0.494. The van der Waals surface area contributed by atoms with Crippen LogP contribution in [0.5, 0.6) is 0 Å². The molecular weight excluding hydrogens is 394 g/mol. The topological polar surface area (TPSA) is 117 Å². The van der Waals surface area contributed by atoms with E-state index in [0.29, 0.717) is 11.3 Å². The summed E-state index contributed by atoms with van der Waals surface area (Å²) < 4.78 is 30.7. The number of sulfonamides is 1. The summed E-state index contributed by atoms with van der Waals surface area (Å²) in [4.78, 5) is 25.2. The highest BCUT2D eigenvalue weighted by Crippen LogP contribution is 2.13. The van der Waals surface area contributed by atoms with E-state index in [0.717, 1.165) is 5.41 Å². The van der Waals surface area contributed by atoms with Crippen molar-refractivity contribution in [3.05, 3.63) is 71.6 Å². The lowest BCUT2D eigenvalue weighted by Crippen LogP contribution is -2.36. The first kappa shape index (κ1) is 21.8. The Morgan fingerprint density at radius 2 is 1.69 bits per heavy atom. The number of carbonyl (C=O) groups excluding carboxylic acids is 2. The third kappa shape index (κ3) is 7.57. The average molecular weight is 413 g/mol. The van der Waals surface area contributed by atoms with E-state index in [9.17, 15) is 18.0 Å². The van der Waals surface area contributed by atoms with Crippen molar-refractivity contribution in [1.82, 2.24) is 4.72 Å². The molecule has 0 spiro atoms. The van der Waals surface area contributed by atoms with Crippen molar-refractivity contribution in [2.75, 3.05) is 24.6 Å². The first-order valence-corrected chi connectivity index (χ1v) is 10.1. The molecule has 2 rings (SSSR count). The molecule has 1 N–H and O–H groups in total. The molecule has 2 aromatic rings. The van der Waals surface area contributed by atoms with Gasteiger partial charge in [-0.25, -0.2) is 13.1 Å². The van der Waals surface area contributed by atoms with Gasteiger partial charge in [-0.05, 0) is 23.8 Å². The summed E-state index contributed by atoms with van der Waals surface area (Å²) in [5.74, 6) is -1.52. The van der Waals surface area contributed by atoms with E-state index < -0.39 is 35.1 Å². The van der Waals surface area contributed by atoms with Gasteiger partial charge in [0.1, 0.15) is 13.1 Å². The van der Waals surface area contributed by atoms with Crippen LogP contribution in [-0.2, 0) is 24.3 Å². The third-order valence-corrected chi connectivity index (χ3v) is 4.65. The zero-order chi connectivity index (χ0) is 21.1. The highest BCUT2D eigenvalue weighted by molar-refractivity contribution is 7.92. The summed E-state index contributed by atoms with van der Waals surface area (Å²) in [7, 11) is -3.85. The maximum Gasteiger partial charge on any atom is 0.321 e. The second kappa shape index (κ2) is 10.8. The van der Waals surface area contributed by atoms with E-state index in [4.69, 9.17) is 10.00 Å². The van der Waals surface area contributed by atoms with Crippen LogP contribution >= 0.6 is 0 Å². The van der Waals surface area contributed by atoms with Gasteiger partial charge in [0.2, 0.25) is 10.0 Å². The van der Waals surface area contributed by atoms with Crippen LogP contribution in [0.2, 0.25) is 0 Å². The van der Waals surface area contributed by atoms with Crippen LogP contribution in [0.1, 0.15) is 5.56 Å². The molecule has 150 valence electrons. The number of anilines is 1. The molecule has 0 unspecified atom stereocenters. The van der Waals surface area contributed by atoms with Gasteiger partial charge < -0.3 is 4.74 Å². The second-order valence-electron chi connectivity index (χ2n) is 5.71. The number of benzene rings is 2. The van der Waals surface area contributed by atoms with Gasteiger partial charge in [0, 0.05) is 11.1 Å². The van der Waals surface area contributed by atoms with Gasteiger partial charge in [-0.2, -0.15) is 5.26 Å². The molecule has 8 nitrogen and oxygen atoms in total. The SMILES string of the molecule is N#CCN(C(=O)COC(=O)CNS(=O)(=O)/C=C/c1ccccc1)c1ccccc1. The maximum absolute atomic E-state index is 12.2. The predicted molar refractivity (Wildman–Crippen MR) is 108 cm³/mol. The Morgan fingerprint density at radius 3 is 2.31 bits per heavy atom. The van der Waals surface area contributed by atoms with Gasteiger partial charge in [0.05, 0.1) is 6.07 Å². The molecule has 29 heavy (non-hydrogen) atoms. The minimum absolute atomic E-state index is 0.211. The number of para-hydroxylation sites is 1. The van der Waals surface area contributed by atoms with E-state index in [1.165, 1.54) is 11.0 Å². The molecule has 0 bridgehead atoms. The lowest BCUT2D eigenvalue weighted by molar-refractivity contribution is -0.146. The van der Waals surface area contributed by atoms with Gasteiger partial charge in [-0.3, -0.25) is 14.5 Å². The summed E-state index contributed by atoms with van der Waals surface area (Å²) >= 11 is 0. The van der Waals surface area contributed by atoms with Crippen molar-refractivity contribution >= 4 is 33.7 Å². The summed E-state index contributed by atoms with van der Waals surface area (Å²) in [6.07, 6.45) is 1.39. The van der Waals surface area contributed by atoms with E-state index in [1.807, 2.05) is 6.07 Å². The number of nitrogens with zero attached hydrogens (tertiary/aromatic N) is 2. The third-order valence-electron chi connectivity index (χ3n) is 3.61.